The molecular weight excluding hydrogens is 242 g/mol. The standard InChI is InChI=1S/C14H17N3O2/c1-17-8-7-16-14(17)6-5-13(18)11-9-10(19-2)3-4-12(11)15/h3-4,7-9H,5-6,15H2,1-2H3. The minimum atomic E-state index is -0.000556. The molecule has 0 radical (unpaired) electrons. The van der Waals surface area contributed by atoms with Crippen LogP contribution in [0.15, 0.2) is 30.6 Å². The number of Topliss-reactive ketones (excluding diaryl/α,β-unsaturated/α-hetero) is 1. The molecule has 1 aromatic carbocycles. The predicted octanol–water partition coefficient (Wildman–Crippen LogP) is 1.83. The Morgan fingerprint density at radius 2 is 2.26 bits per heavy atom. The zero-order chi connectivity index (χ0) is 13.8. The number of hydrogen-bond acceptors (Lipinski definition) is 4. The van der Waals surface area contributed by atoms with Crippen LogP contribution in [-0.4, -0.2) is 22.4 Å². The Kier molecular flexibility index (Phi) is 3.85. The number of carbonyl (C=O) groups is 1. The lowest BCUT2D eigenvalue weighted by Gasteiger charge is -2.07. The van der Waals surface area contributed by atoms with E-state index < -0.39 is 0 Å². The van der Waals surface area contributed by atoms with E-state index in [0.29, 0.717) is 29.8 Å². The molecule has 5 nitrogen and oxygen atoms in total. The van der Waals surface area contributed by atoms with Gasteiger partial charge in [-0.25, -0.2) is 4.98 Å². The smallest absolute Gasteiger partial charge is 0.165 e. The Hall–Kier alpha value is -2.30. The fourth-order valence-electron chi connectivity index (χ4n) is 1.90. The Balaban J connectivity index is 2.10. The fourth-order valence-corrected chi connectivity index (χ4v) is 1.90. The average molecular weight is 259 g/mol. The third kappa shape index (κ3) is 2.93. The topological polar surface area (TPSA) is 70.1 Å². The molecule has 2 aromatic rings. The van der Waals surface area contributed by atoms with Gasteiger partial charge in [-0.1, -0.05) is 0 Å². The molecule has 0 amide bonds. The van der Waals surface area contributed by atoms with Crippen LogP contribution in [0.2, 0.25) is 0 Å². The van der Waals surface area contributed by atoms with Crippen LogP contribution in [0.3, 0.4) is 0 Å². The van der Waals surface area contributed by atoms with Crippen LogP contribution in [0.25, 0.3) is 0 Å². The van der Waals surface area contributed by atoms with Crippen molar-refractivity contribution in [1.29, 1.82) is 0 Å². The number of aromatic nitrogens is 2. The highest BCUT2D eigenvalue weighted by Gasteiger charge is 2.12. The highest BCUT2D eigenvalue weighted by molar-refractivity contribution is 6.01. The first-order valence-corrected chi connectivity index (χ1v) is 6.04. The van der Waals surface area contributed by atoms with Gasteiger partial charge in [0.15, 0.2) is 5.78 Å². The van der Waals surface area contributed by atoms with Gasteiger partial charge in [0.1, 0.15) is 11.6 Å². The number of aryl methyl sites for hydroxylation is 2. The molecule has 0 bridgehead atoms. The molecule has 19 heavy (non-hydrogen) atoms. The number of benzene rings is 1. The van der Waals surface area contributed by atoms with E-state index in [1.165, 1.54) is 0 Å². The quantitative estimate of drug-likeness (QED) is 0.657. The maximum atomic E-state index is 12.2. The number of ketones is 1. The molecule has 0 fully saturated rings. The number of ether oxygens (including phenoxy) is 1. The lowest BCUT2D eigenvalue weighted by Crippen LogP contribution is -2.07. The molecule has 5 heteroatoms. The summed E-state index contributed by atoms with van der Waals surface area (Å²) in [5.41, 5.74) is 6.81. The normalized spacial score (nSPS) is 10.4. The second-order valence-corrected chi connectivity index (χ2v) is 4.33. The summed E-state index contributed by atoms with van der Waals surface area (Å²) in [6, 6.07) is 5.10. The van der Waals surface area contributed by atoms with Crippen LogP contribution in [-0.2, 0) is 13.5 Å². The first kappa shape index (κ1) is 13.1. The molecule has 100 valence electrons. The van der Waals surface area contributed by atoms with Crippen molar-refractivity contribution in [2.75, 3.05) is 12.8 Å². The van der Waals surface area contributed by atoms with Gasteiger partial charge in [0.25, 0.3) is 0 Å². The second kappa shape index (κ2) is 5.56. The zero-order valence-corrected chi connectivity index (χ0v) is 11.1. The van der Waals surface area contributed by atoms with Crippen LogP contribution >= 0.6 is 0 Å². The van der Waals surface area contributed by atoms with E-state index in [4.69, 9.17) is 10.5 Å². The molecule has 1 aromatic heterocycles. The molecular formula is C14H17N3O2. The molecule has 0 saturated heterocycles. The third-order valence-corrected chi connectivity index (χ3v) is 3.06. The van der Waals surface area contributed by atoms with E-state index in [1.54, 1.807) is 31.5 Å². The summed E-state index contributed by atoms with van der Waals surface area (Å²) in [7, 11) is 3.47. The first-order chi connectivity index (χ1) is 9.11. The largest absolute Gasteiger partial charge is 0.497 e. The van der Waals surface area contributed by atoms with Gasteiger partial charge in [-0.3, -0.25) is 4.79 Å². The summed E-state index contributed by atoms with van der Waals surface area (Å²) in [4.78, 5) is 16.4. The molecule has 1 heterocycles. The van der Waals surface area contributed by atoms with E-state index in [9.17, 15) is 4.79 Å². The molecule has 0 saturated carbocycles. The van der Waals surface area contributed by atoms with E-state index in [1.807, 2.05) is 17.8 Å². The molecule has 0 aliphatic rings. The molecule has 0 atom stereocenters. The number of carbonyl (C=O) groups excluding carboxylic acids is 1. The summed E-state index contributed by atoms with van der Waals surface area (Å²) in [6.07, 6.45) is 4.56. The van der Waals surface area contributed by atoms with Gasteiger partial charge < -0.3 is 15.0 Å². The van der Waals surface area contributed by atoms with Gasteiger partial charge >= 0.3 is 0 Å². The van der Waals surface area contributed by atoms with Gasteiger partial charge in [-0.15, -0.1) is 0 Å². The SMILES string of the molecule is COc1ccc(N)c(C(=O)CCc2nccn2C)c1. The van der Waals surface area contributed by atoms with Crippen molar-refractivity contribution >= 4 is 11.5 Å². The van der Waals surface area contributed by atoms with Crippen LogP contribution in [0.1, 0.15) is 22.6 Å². The van der Waals surface area contributed by atoms with Crippen molar-refractivity contribution in [2.45, 2.75) is 12.8 Å². The van der Waals surface area contributed by atoms with Crippen molar-refractivity contribution in [2.24, 2.45) is 7.05 Å². The summed E-state index contributed by atoms with van der Waals surface area (Å²) >= 11 is 0. The number of nitrogen functional groups attached to an aromatic ring is 1. The van der Waals surface area contributed by atoms with E-state index >= 15 is 0 Å². The Morgan fingerprint density at radius 3 is 2.89 bits per heavy atom. The maximum absolute atomic E-state index is 12.2. The van der Waals surface area contributed by atoms with Crippen LogP contribution in [0.4, 0.5) is 5.69 Å². The van der Waals surface area contributed by atoms with Crippen LogP contribution < -0.4 is 10.5 Å². The maximum Gasteiger partial charge on any atom is 0.165 e. The summed E-state index contributed by atoms with van der Waals surface area (Å²) < 4.78 is 7.01. The minimum absolute atomic E-state index is 0.000556. The molecule has 2 N–H and O–H groups in total. The number of anilines is 1. The zero-order valence-electron chi connectivity index (χ0n) is 11.1. The van der Waals surface area contributed by atoms with Crippen molar-refractivity contribution in [3.8, 4) is 5.75 Å². The predicted molar refractivity (Wildman–Crippen MR) is 73.3 cm³/mol. The van der Waals surface area contributed by atoms with E-state index in [0.717, 1.165) is 5.82 Å². The fraction of sp³-hybridized carbons (Fsp3) is 0.286. The van der Waals surface area contributed by atoms with E-state index in [-0.39, 0.29) is 5.78 Å². The monoisotopic (exact) mass is 259 g/mol. The number of rotatable bonds is 5. The molecule has 0 spiro atoms. The highest BCUT2D eigenvalue weighted by atomic mass is 16.5. The lowest BCUT2D eigenvalue weighted by atomic mass is 10.0. The van der Waals surface area contributed by atoms with Crippen molar-refractivity contribution in [3.05, 3.63) is 42.0 Å². The van der Waals surface area contributed by atoms with Crippen molar-refractivity contribution in [1.82, 2.24) is 9.55 Å². The summed E-state index contributed by atoms with van der Waals surface area (Å²) in [5, 5.41) is 0. The molecule has 0 aliphatic carbocycles. The van der Waals surface area contributed by atoms with Crippen molar-refractivity contribution < 1.29 is 9.53 Å². The number of imidazole rings is 1. The van der Waals surface area contributed by atoms with Gasteiger partial charge in [0.2, 0.25) is 0 Å². The second-order valence-electron chi connectivity index (χ2n) is 4.33. The number of methoxy groups -OCH3 is 1. The number of nitrogens with zero attached hydrogens (tertiary/aromatic N) is 2. The molecule has 0 aliphatic heterocycles. The number of nitrogens with two attached hydrogens (primary N) is 1. The van der Waals surface area contributed by atoms with E-state index in [2.05, 4.69) is 4.98 Å². The highest BCUT2D eigenvalue weighted by Crippen LogP contribution is 2.21. The Morgan fingerprint density at radius 1 is 1.47 bits per heavy atom. The third-order valence-electron chi connectivity index (χ3n) is 3.06. The van der Waals surface area contributed by atoms with Gasteiger partial charge in [-0.2, -0.15) is 0 Å². The summed E-state index contributed by atoms with van der Waals surface area (Å²) in [5.74, 6) is 1.52. The van der Waals surface area contributed by atoms with Gasteiger partial charge in [0, 0.05) is 43.5 Å². The average Bonchev–Trinajstić information content (AvgIpc) is 2.82. The lowest BCUT2D eigenvalue weighted by molar-refractivity contribution is 0.0982. The Labute approximate surface area is 112 Å². The van der Waals surface area contributed by atoms with Crippen molar-refractivity contribution in [3.63, 3.8) is 0 Å². The van der Waals surface area contributed by atoms with Crippen LogP contribution in [0.5, 0.6) is 5.75 Å². The first-order valence-electron chi connectivity index (χ1n) is 6.04. The number of hydrogen-bond donors (Lipinski definition) is 1. The van der Waals surface area contributed by atoms with Crippen LogP contribution in [0, 0.1) is 0 Å². The summed E-state index contributed by atoms with van der Waals surface area (Å²) in [6.45, 7) is 0. The van der Waals surface area contributed by atoms with Gasteiger partial charge in [-0.05, 0) is 18.2 Å². The minimum Gasteiger partial charge on any atom is -0.497 e. The molecule has 2 rings (SSSR count). The van der Waals surface area contributed by atoms with Gasteiger partial charge in [0.05, 0.1) is 7.11 Å². The molecule has 0 unspecified atom stereocenters. The Bertz CT molecular complexity index is 590.